The van der Waals surface area contributed by atoms with Gasteiger partial charge in [-0.1, -0.05) is 44.4 Å². The largest absolute Gasteiger partial charge is 0.366 e. The summed E-state index contributed by atoms with van der Waals surface area (Å²) in [6.45, 7) is 2.16. The fourth-order valence-corrected chi connectivity index (χ4v) is 2.97. The van der Waals surface area contributed by atoms with Crippen LogP contribution in [0.25, 0.3) is 0 Å². The molecule has 0 radical (unpaired) electrons. The topological polar surface area (TPSA) is 43.8 Å². The van der Waals surface area contributed by atoms with Gasteiger partial charge >= 0.3 is 0 Å². The molecule has 0 saturated carbocycles. The molecule has 0 aliphatic carbocycles. The van der Waals surface area contributed by atoms with Gasteiger partial charge in [-0.05, 0) is 12.5 Å². The number of benzene rings is 1. The summed E-state index contributed by atoms with van der Waals surface area (Å²) in [5.74, 6) is -0.122. The number of fused-ring (bicyclic) bond motifs is 1. The van der Waals surface area contributed by atoms with Crippen LogP contribution in [-0.4, -0.2) is 35.1 Å². The fourth-order valence-electron chi connectivity index (χ4n) is 2.97. The molecule has 20 heavy (non-hydrogen) atoms. The number of hydrogen-bond donors (Lipinski definition) is 1. The number of hydrazine groups is 1. The molecule has 1 aliphatic rings. The van der Waals surface area contributed by atoms with Gasteiger partial charge in [-0.25, -0.2) is 10.0 Å². The first-order chi connectivity index (χ1) is 9.52. The zero-order valence-corrected chi connectivity index (χ0v) is 12.6. The van der Waals surface area contributed by atoms with Crippen molar-refractivity contribution < 1.29 is 9.90 Å². The zero-order valence-electron chi connectivity index (χ0n) is 12.6. The summed E-state index contributed by atoms with van der Waals surface area (Å²) in [7, 11) is 3.58. The zero-order chi connectivity index (χ0) is 14.8. The summed E-state index contributed by atoms with van der Waals surface area (Å²) < 4.78 is 0. The molecule has 1 aromatic rings. The first-order valence-corrected chi connectivity index (χ1v) is 7.36. The van der Waals surface area contributed by atoms with Crippen LogP contribution in [-0.2, 0) is 5.72 Å². The van der Waals surface area contributed by atoms with Gasteiger partial charge in [-0.3, -0.25) is 4.79 Å². The van der Waals surface area contributed by atoms with Crippen molar-refractivity contribution in [3.05, 3.63) is 35.4 Å². The van der Waals surface area contributed by atoms with E-state index in [1.165, 1.54) is 5.01 Å². The Morgan fingerprint density at radius 1 is 1.20 bits per heavy atom. The van der Waals surface area contributed by atoms with Crippen LogP contribution in [0.5, 0.6) is 0 Å². The number of carbonyl (C=O) groups excluding carboxylic acids is 1. The van der Waals surface area contributed by atoms with Gasteiger partial charge in [0.15, 0.2) is 5.72 Å². The fraction of sp³-hybridized carbons (Fsp3) is 0.562. The maximum absolute atomic E-state index is 12.5. The van der Waals surface area contributed by atoms with Crippen LogP contribution in [0.2, 0.25) is 0 Å². The summed E-state index contributed by atoms with van der Waals surface area (Å²) in [5.41, 5.74) is 0.139. The smallest absolute Gasteiger partial charge is 0.271 e. The van der Waals surface area contributed by atoms with Crippen molar-refractivity contribution in [1.29, 1.82) is 0 Å². The monoisotopic (exact) mass is 276 g/mol. The van der Waals surface area contributed by atoms with Gasteiger partial charge in [0.25, 0.3) is 5.91 Å². The second-order valence-corrected chi connectivity index (χ2v) is 5.64. The average Bonchev–Trinajstić information content (AvgIpc) is 2.65. The predicted octanol–water partition coefficient (Wildman–Crippen LogP) is 2.73. The van der Waals surface area contributed by atoms with Crippen molar-refractivity contribution in [2.24, 2.45) is 0 Å². The third-order valence-corrected chi connectivity index (χ3v) is 3.91. The van der Waals surface area contributed by atoms with E-state index >= 15 is 0 Å². The number of unbranched alkanes of at least 4 members (excludes halogenated alkanes) is 3. The lowest BCUT2D eigenvalue weighted by Gasteiger charge is -2.38. The van der Waals surface area contributed by atoms with Gasteiger partial charge in [-0.2, -0.15) is 0 Å². The lowest BCUT2D eigenvalue weighted by molar-refractivity contribution is -0.168. The van der Waals surface area contributed by atoms with Crippen molar-refractivity contribution in [2.75, 3.05) is 14.1 Å². The summed E-state index contributed by atoms with van der Waals surface area (Å²) in [5, 5.41) is 14.3. The molecule has 4 nitrogen and oxygen atoms in total. The van der Waals surface area contributed by atoms with Crippen molar-refractivity contribution in [2.45, 2.75) is 44.8 Å². The summed E-state index contributed by atoms with van der Waals surface area (Å²) in [6, 6.07) is 7.37. The Labute approximate surface area is 121 Å². The van der Waals surface area contributed by atoms with E-state index in [-0.39, 0.29) is 5.91 Å². The normalized spacial score (nSPS) is 21.6. The van der Waals surface area contributed by atoms with E-state index in [9.17, 15) is 9.90 Å². The van der Waals surface area contributed by atoms with Crippen LogP contribution < -0.4 is 0 Å². The molecule has 0 spiro atoms. The second-order valence-electron chi connectivity index (χ2n) is 5.64. The first-order valence-electron chi connectivity index (χ1n) is 7.36. The highest BCUT2D eigenvalue weighted by Gasteiger charge is 2.49. The van der Waals surface area contributed by atoms with E-state index in [2.05, 4.69) is 6.92 Å². The number of carbonyl (C=O) groups is 1. The molecule has 1 heterocycles. The molecule has 110 valence electrons. The standard InChI is InChI=1S/C16H24N2O2/c1-4-5-6-9-12-16(20)14-11-8-7-10-13(14)15(19)18(16)17(2)3/h7-8,10-11,20H,4-6,9,12H2,1-3H3. The van der Waals surface area contributed by atoms with E-state index in [1.807, 2.05) is 18.2 Å². The molecule has 1 aromatic carbocycles. The molecule has 0 fully saturated rings. The summed E-state index contributed by atoms with van der Waals surface area (Å²) in [6.07, 6.45) is 4.89. The maximum atomic E-state index is 12.5. The minimum Gasteiger partial charge on any atom is -0.366 e. The molecule has 1 amide bonds. The van der Waals surface area contributed by atoms with Gasteiger partial charge in [0.2, 0.25) is 0 Å². The molecule has 0 aromatic heterocycles. The second kappa shape index (κ2) is 5.94. The Bertz CT molecular complexity index is 487. The molecular weight excluding hydrogens is 252 g/mol. The molecule has 1 unspecified atom stereocenters. The Morgan fingerprint density at radius 2 is 1.90 bits per heavy atom. The molecular formula is C16H24N2O2. The minimum atomic E-state index is -1.20. The van der Waals surface area contributed by atoms with Crippen molar-refractivity contribution in [3.63, 3.8) is 0 Å². The van der Waals surface area contributed by atoms with E-state index in [4.69, 9.17) is 0 Å². The van der Waals surface area contributed by atoms with Crippen molar-refractivity contribution >= 4 is 5.91 Å². The lowest BCUT2D eigenvalue weighted by Crippen LogP contribution is -2.51. The SMILES string of the molecule is CCCCCCC1(O)c2ccccc2C(=O)N1N(C)C. The number of nitrogens with zero attached hydrogens (tertiary/aromatic N) is 2. The number of rotatable bonds is 6. The highest BCUT2D eigenvalue weighted by molar-refractivity contribution is 5.99. The van der Waals surface area contributed by atoms with Gasteiger partial charge in [0.1, 0.15) is 0 Å². The molecule has 4 heteroatoms. The number of hydrogen-bond acceptors (Lipinski definition) is 3. The van der Waals surface area contributed by atoms with E-state index in [0.29, 0.717) is 12.0 Å². The average molecular weight is 276 g/mol. The Hall–Kier alpha value is -1.39. The van der Waals surface area contributed by atoms with Crippen LogP contribution in [0.3, 0.4) is 0 Å². The van der Waals surface area contributed by atoms with Crippen LogP contribution in [0.1, 0.15) is 54.9 Å². The van der Waals surface area contributed by atoms with Gasteiger partial charge in [-0.15, -0.1) is 0 Å². The summed E-state index contributed by atoms with van der Waals surface area (Å²) in [4.78, 5) is 12.5. The molecule has 0 bridgehead atoms. The van der Waals surface area contributed by atoms with Crippen LogP contribution in [0.4, 0.5) is 0 Å². The highest BCUT2D eigenvalue weighted by atomic mass is 16.3. The molecule has 1 atom stereocenters. The molecule has 0 saturated heterocycles. The Balaban J connectivity index is 2.29. The van der Waals surface area contributed by atoms with E-state index < -0.39 is 5.72 Å². The van der Waals surface area contributed by atoms with E-state index in [0.717, 1.165) is 31.2 Å². The molecule has 1 N–H and O–H groups in total. The lowest BCUT2D eigenvalue weighted by atomic mass is 9.96. The van der Waals surface area contributed by atoms with Crippen LogP contribution in [0.15, 0.2) is 24.3 Å². The van der Waals surface area contributed by atoms with Crippen molar-refractivity contribution in [1.82, 2.24) is 10.0 Å². The van der Waals surface area contributed by atoms with Gasteiger partial charge in [0.05, 0.1) is 0 Å². The van der Waals surface area contributed by atoms with E-state index in [1.54, 1.807) is 25.2 Å². The number of aliphatic hydroxyl groups is 1. The molecule has 2 rings (SSSR count). The Kier molecular flexibility index (Phi) is 4.45. The first kappa shape index (κ1) is 15.0. The maximum Gasteiger partial charge on any atom is 0.271 e. The van der Waals surface area contributed by atoms with Gasteiger partial charge in [0, 0.05) is 31.6 Å². The third-order valence-electron chi connectivity index (χ3n) is 3.91. The minimum absolute atomic E-state index is 0.122. The quantitative estimate of drug-likeness (QED) is 0.812. The van der Waals surface area contributed by atoms with Crippen LogP contribution in [0, 0.1) is 0 Å². The highest BCUT2D eigenvalue weighted by Crippen LogP contribution is 2.41. The Morgan fingerprint density at radius 3 is 2.55 bits per heavy atom. The van der Waals surface area contributed by atoms with Crippen molar-refractivity contribution in [3.8, 4) is 0 Å². The van der Waals surface area contributed by atoms with Gasteiger partial charge < -0.3 is 5.11 Å². The molecule has 1 aliphatic heterocycles. The number of amides is 1. The predicted molar refractivity (Wildman–Crippen MR) is 79.0 cm³/mol. The summed E-state index contributed by atoms with van der Waals surface area (Å²) >= 11 is 0. The van der Waals surface area contributed by atoms with Crippen LogP contribution >= 0.6 is 0 Å². The third kappa shape index (κ3) is 2.45.